The molecule has 5 nitrogen and oxygen atoms in total. The van der Waals surface area contributed by atoms with E-state index in [0.717, 1.165) is 25.3 Å². The van der Waals surface area contributed by atoms with Crippen molar-refractivity contribution in [2.24, 2.45) is 27.9 Å². The minimum Gasteiger partial charge on any atom is -0.470 e. The summed E-state index contributed by atoms with van der Waals surface area (Å²) in [5.74, 6) is 2.61. The van der Waals surface area contributed by atoms with Gasteiger partial charge in [0.2, 0.25) is 5.90 Å². The van der Waals surface area contributed by atoms with E-state index in [2.05, 4.69) is 69.7 Å². The fraction of sp³-hybridized carbons (Fsp3) is 0.793. The van der Waals surface area contributed by atoms with Gasteiger partial charge in [-0.1, -0.05) is 65.1 Å². The average molecular weight is 478 g/mol. The van der Waals surface area contributed by atoms with Crippen LogP contribution in [-0.2, 0) is 9.57 Å². The third-order valence-electron chi connectivity index (χ3n) is 6.74. The van der Waals surface area contributed by atoms with E-state index in [1.165, 1.54) is 57.3 Å². The van der Waals surface area contributed by atoms with E-state index < -0.39 is 0 Å². The second kappa shape index (κ2) is 20.7. The first-order valence-electron chi connectivity index (χ1n) is 13.7. The predicted octanol–water partition coefficient (Wildman–Crippen LogP) is 7.88. The van der Waals surface area contributed by atoms with E-state index in [1.807, 2.05) is 19.2 Å². The zero-order valence-corrected chi connectivity index (χ0v) is 23.5. The summed E-state index contributed by atoms with van der Waals surface area (Å²) < 4.78 is 6.23. The standard InChI is InChI=1S/C18H34N2O2.C9H17N.C2H4/c1-4-9-16(12-15(3)5-2)18-19-21-14-17(22-18)13-20-10-7-6-8-11-20;1-5-7-10-9(4)8(3)6-2;1-2/h15-17H,4-14H2,1-3H3;5,7-8H,6H2,1-4H3;1-2H2/b;7-5-,10-9?;. The summed E-state index contributed by atoms with van der Waals surface area (Å²) in [7, 11) is 0. The normalized spacial score (nSPS) is 21.6. The van der Waals surface area contributed by atoms with Crippen molar-refractivity contribution in [1.82, 2.24) is 4.90 Å². The quantitative estimate of drug-likeness (QED) is 0.224. The van der Waals surface area contributed by atoms with Gasteiger partial charge in [-0.05, 0) is 70.9 Å². The summed E-state index contributed by atoms with van der Waals surface area (Å²) in [5.41, 5.74) is 1.22. The first kappa shape index (κ1) is 32.4. The van der Waals surface area contributed by atoms with Crippen molar-refractivity contribution < 1.29 is 9.57 Å². The molecule has 0 bridgehead atoms. The van der Waals surface area contributed by atoms with Gasteiger partial charge in [-0.15, -0.1) is 13.2 Å². The van der Waals surface area contributed by atoms with Crippen molar-refractivity contribution in [2.45, 2.75) is 106 Å². The van der Waals surface area contributed by atoms with Gasteiger partial charge in [-0.25, -0.2) is 0 Å². The van der Waals surface area contributed by atoms with Crippen LogP contribution in [0.5, 0.6) is 0 Å². The molecule has 2 heterocycles. The third-order valence-corrected chi connectivity index (χ3v) is 6.74. The number of allylic oxidation sites excluding steroid dienone is 1. The van der Waals surface area contributed by atoms with E-state index in [1.54, 1.807) is 0 Å². The van der Waals surface area contributed by atoms with Crippen LogP contribution in [0.3, 0.4) is 0 Å². The number of rotatable bonds is 11. The monoisotopic (exact) mass is 477 g/mol. The van der Waals surface area contributed by atoms with E-state index in [9.17, 15) is 0 Å². The zero-order valence-electron chi connectivity index (χ0n) is 23.5. The van der Waals surface area contributed by atoms with Crippen LogP contribution in [0, 0.1) is 17.8 Å². The van der Waals surface area contributed by atoms with Gasteiger partial charge in [0.15, 0.2) is 6.61 Å². The molecule has 4 atom stereocenters. The molecule has 0 aromatic heterocycles. The molecule has 2 aliphatic heterocycles. The number of hydrogen-bond donors (Lipinski definition) is 0. The molecule has 1 fully saturated rings. The lowest BCUT2D eigenvalue weighted by molar-refractivity contribution is -0.0163. The molecule has 2 aliphatic rings. The number of ether oxygens (including phenoxy) is 1. The number of aliphatic imine (C=N–C) groups is 1. The van der Waals surface area contributed by atoms with Crippen LogP contribution in [0.2, 0.25) is 0 Å². The third kappa shape index (κ3) is 13.9. The van der Waals surface area contributed by atoms with Crippen molar-refractivity contribution in [3.63, 3.8) is 0 Å². The molecule has 0 aromatic rings. The van der Waals surface area contributed by atoms with Gasteiger partial charge in [0.25, 0.3) is 0 Å². The second-order valence-electron chi connectivity index (χ2n) is 9.62. The van der Waals surface area contributed by atoms with E-state index >= 15 is 0 Å². The number of hydrogen-bond acceptors (Lipinski definition) is 5. The fourth-order valence-electron chi connectivity index (χ4n) is 4.06. The molecule has 2 rings (SSSR count). The second-order valence-corrected chi connectivity index (χ2v) is 9.62. The lowest BCUT2D eigenvalue weighted by Gasteiger charge is -2.33. The first-order valence-corrected chi connectivity index (χ1v) is 13.7. The molecule has 0 N–H and O–H groups in total. The minimum absolute atomic E-state index is 0.155. The minimum atomic E-state index is 0.155. The van der Waals surface area contributed by atoms with Gasteiger partial charge < -0.3 is 9.57 Å². The Morgan fingerprint density at radius 3 is 2.38 bits per heavy atom. The first-order chi connectivity index (χ1) is 16.4. The lowest BCUT2D eigenvalue weighted by Crippen LogP contribution is -2.43. The lowest BCUT2D eigenvalue weighted by atomic mass is 9.90. The Bertz CT molecular complexity index is 582. The smallest absolute Gasteiger partial charge is 0.229 e. The fourth-order valence-corrected chi connectivity index (χ4v) is 4.06. The Hall–Kier alpha value is -1.62. The number of oxime groups is 1. The topological polar surface area (TPSA) is 46.4 Å². The maximum Gasteiger partial charge on any atom is 0.229 e. The molecule has 0 saturated carbocycles. The van der Waals surface area contributed by atoms with E-state index in [0.29, 0.717) is 24.4 Å². The SMILES string of the molecule is C/C=C\N=C(C)C(C)CC.C=C.CCCC(CC(C)CC)C1=NOCC(CN2CCCCC2)O1. The summed E-state index contributed by atoms with van der Waals surface area (Å²) in [4.78, 5) is 12.3. The van der Waals surface area contributed by atoms with Crippen LogP contribution < -0.4 is 0 Å². The summed E-state index contributed by atoms with van der Waals surface area (Å²) in [6.45, 7) is 25.2. The zero-order chi connectivity index (χ0) is 25.8. The maximum absolute atomic E-state index is 6.23. The Labute approximate surface area is 211 Å². The highest BCUT2D eigenvalue weighted by molar-refractivity contribution is 5.84. The van der Waals surface area contributed by atoms with Gasteiger partial charge >= 0.3 is 0 Å². The van der Waals surface area contributed by atoms with Gasteiger partial charge in [-0.2, -0.15) is 0 Å². The van der Waals surface area contributed by atoms with Gasteiger partial charge in [0, 0.05) is 24.4 Å². The molecule has 0 amide bonds. The molecular weight excluding hydrogens is 422 g/mol. The molecule has 198 valence electrons. The van der Waals surface area contributed by atoms with Crippen LogP contribution in [-0.4, -0.2) is 48.9 Å². The van der Waals surface area contributed by atoms with Gasteiger partial charge in [0.1, 0.15) is 6.10 Å². The molecule has 4 unspecified atom stereocenters. The summed E-state index contributed by atoms with van der Waals surface area (Å²) >= 11 is 0. The van der Waals surface area contributed by atoms with Crippen molar-refractivity contribution in [3.8, 4) is 0 Å². The van der Waals surface area contributed by atoms with Crippen molar-refractivity contribution in [2.75, 3.05) is 26.2 Å². The Balaban J connectivity index is 0.000000767. The Morgan fingerprint density at radius 2 is 1.82 bits per heavy atom. The highest BCUT2D eigenvalue weighted by atomic mass is 16.7. The van der Waals surface area contributed by atoms with E-state index in [4.69, 9.17) is 9.57 Å². The highest BCUT2D eigenvalue weighted by Gasteiger charge is 2.28. The van der Waals surface area contributed by atoms with Crippen LogP contribution in [0.15, 0.2) is 35.6 Å². The van der Waals surface area contributed by atoms with Gasteiger partial charge in [-0.3, -0.25) is 9.89 Å². The molecule has 34 heavy (non-hydrogen) atoms. The largest absolute Gasteiger partial charge is 0.470 e. The number of likely N-dealkylation sites (tertiary alicyclic amines) is 1. The summed E-state index contributed by atoms with van der Waals surface area (Å²) in [6, 6.07) is 0. The van der Waals surface area contributed by atoms with Crippen LogP contribution in [0.1, 0.15) is 99.8 Å². The van der Waals surface area contributed by atoms with Crippen molar-refractivity contribution >= 4 is 11.6 Å². The number of piperidine rings is 1. The van der Waals surface area contributed by atoms with E-state index in [-0.39, 0.29) is 6.10 Å². The summed E-state index contributed by atoms with van der Waals surface area (Å²) in [5, 5.41) is 4.25. The predicted molar refractivity (Wildman–Crippen MR) is 150 cm³/mol. The van der Waals surface area contributed by atoms with Crippen LogP contribution >= 0.6 is 0 Å². The molecule has 1 saturated heterocycles. The van der Waals surface area contributed by atoms with Crippen LogP contribution in [0.4, 0.5) is 0 Å². The molecule has 5 heteroatoms. The molecular formula is C29H55N3O2. The summed E-state index contributed by atoms with van der Waals surface area (Å²) in [6.07, 6.45) is 13.8. The number of nitrogens with zero attached hydrogens (tertiary/aromatic N) is 3. The highest BCUT2D eigenvalue weighted by Crippen LogP contribution is 2.24. The van der Waals surface area contributed by atoms with Crippen molar-refractivity contribution in [3.05, 3.63) is 25.4 Å². The molecule has 0 aromatic carbocycles. The maximum atomic E-state index is 6.23. The van der Waals surface area contributed by atoms with Crippen molar-refractivity contribution in [1.29, 1.82) is 0 Å². The van der Waals surface area contributed by atoms with Gasteiger partial charge in [0.05, 0.1) is 0 Å². The molecule has 0 spiro atoms. The molecule has 0 aliphatic carbocycles. The molecule has 0 radical (unpaired) electrons. The Kier molecular flexibility index (Phi) is 19.7. The van der Waals surface area contributed by atoms with Crippen LogP contribution in [0.25, 0.3) is 0 Å². The average Bonchev–Trinajstić information content (AvgIpc) is 2.88. The Morgan fingerprint density at radius 1 is 1.15 bits per heavy atom.